The number of likely N-dealkylation sites (tertiary alicyclic amines) is 1. The fourth-order valence-electron chi connectivity index (χ4n) is 3.88. The summed E-state index contributed by atoms with van der Waals surface area (Å²) in [5, 5.41) is 13.3. The number of carbonyl (C=O) groups is 1. The summed E-state index contributed by atoms with van der Waals surface area (Å²) in [5.41, 5.74) is 0.833. The van der Waals surface area contributed by atoms with Crippen LogP contribution in [0.15, 0.2) is 12.1 Å². The first kappa shape index (κ1) is 16.0. The van der Waals surface area contributed by atoms with Crippen molar-refractivity contribution in [1.82, 2.24) is 29.6 Å². The van der Waals surface area contributed by atoms with Crippen LogP contribution >= 0.6 is 0 Å². The Morgan fingerprint density at radius 3 is 2.81 bits per heavy atom. The first-order valence-electron chi connectivity index (χ1n) is 9.64. The Labute approximate surface area is 152 Å². The Kier molecular flexibility index (Phi) is 3.81. The smallest absolute Gasteiger partial charge is 0.222 e. The van der Waals surface area contributed by atoms with Crippen molar-refractivity contribution in [2.75, 3.05) is 44.7 Å². The second-order valence-electron chi connectivity index (χ2n) is 7.82. The van der Waals surface area contributed by atoms with Crippen LogP contribution < -0.4 is 4.90 Å². The molecule has 138 valence electrons. The molecule has 0 bridgehead atoms. The van der Waals surface area contributed by atoms with Gasteiger partial charge in [-0.25, -0.2) is 0 Å². The highest BCUT2D eigenvalue weighted by molar-refractivity contribution is 5.78. The summed E-state index contributed by atoms with van der Waals surface area (Å²) in [6.07, 6.45) is 4.13. The summed E-state index contributed by atoms with van der Waals surface area (Å²) in [6, 6.07) is 4.57. The summed E-state index contributed by atoms with van der Waals surface area (Å²) >= 11 is 0. The zero-order chi connectivity index (χ0) is 17.7. The molecule has 2 aromatic heterocycles. The van der Waals surface area contributed by atoms with E-state index in [1.165, 1.54) is 12.8 Å². The molecule has 2 aliphatic heterocycles. The average Bonchev–Trinajstić information content (AvgIpc) is 3.22. The topological polar surface area (TPSA) is 69.9 Å². The highest BCUT2D eigenvalue weighted by Crippen LogP contribution is 2.38. The molecule has 4 heterocycles. The van der Waals surface area contributed by atoms with E-state index in [9.17, 15) is 4.79 Å². The van der Waals surface area contributed by atoms with Crippen molar-refractivity contribution in [3.63, 3.8) is 0 Å². The van der Waals surface area contributed by atoms with Gasteiger partial charge in [-0.15, -0.1) is 15.3 Å². The van der Waals surface area contributed by atoms with Gasteiger partial charge in [0.05, 0.1) is 0 Å². The van der Waals surface area contributed by atoms with Gasteiger partial charge in [0.15, 0.2) is 11.5 Å². The van der Waals surface area contributed by atoms with Crippen molar-refractivity contribution in [2.45, 2.75) is 37.6 Å². The van der Waals surface area contributed by atoms with E-state index in [2.05, 4.69) is 27.0 Å². The molecule has 1 saturated carbocycles. The molecule has 2 aromatic rings. The normalized spacial score (nSPS) is 21.2. The Balaban J connectivity index is 1.19. The molecule has 3 fully saturated rings. The first-order chi connectivity index (χ1) is 12.7. The SMILES string of the molecule is CN(CCN1CCCC1=O)C1CN(c2ccc3nnc(C4CC4)n3n2)C1. The lowest BCUT2D eigenvalue weighted by atomic mass is 10.1. The van der Waals surface area contributed by atoms with Gasteiger partial charge in [0, 0.05) is 51.1 Å². The molecule has 8 nitrogen and oxygen atoms in total. The van der Waals surface area contributed by atoms with E-state index in [1.807, 2.05) is 21.5 Å². The Morgan fingerprint density at radius 1 is 1.23 bits per heavy atom. The molecule has 2 saturated heterocycles. The van der Waals surface area contributed by atoms with Gasteiger partial charge in [0.1, 0.15) is 5.82 Å². The van der Waals surface area contributed by atoms with E-state index >= 15 is 0 Å². The summed E-state index contributed by atoms with van der Waals surface area (Å²) in [7, 11) is 2.16. The van der Waals surface area contributed by atoms with Crippen molar-refractivity contribution >= 4 is 17.4 Å². The number of aromatic nitrogens is 4. The molecule has 8 heteroatoms. The van der Waals surface area contributed by atoms with Crippen molar-refractivity contribution in [3.8, 4) is 0 Å². The predicted molar refractivity (Wildman–Crippen MR) is 97.2 cm³/mol. The van der Waals surface area contributed by atoms with Crippen LogP contribution in [-0.2, 0) is 4.79 Å². The van der Waals surface area contributed by atoms with E-state index < -0.39 is 0 Å². The average molecular weight is 355 g/mol. The van der Waals surface area contributed by atoms with Crippen molar-refractivity contribution in [3.05, 3.63) is 18.0 Å². The Hall–Kier alpha value is -2.22. The van der Waals surface area contributed by atoms with Gasteiger partial charge in [0.25, 0.3) is 0 Å². The molecule has 26 heavy (non-hydrogen) atoms. The van der Waals surface area contributed by atoms with Gasteiger partial charge in [-0.2, -0.15) is 4.52 Å². The molecule has 3 aliphatic rings. The van der Waals surface area contributed by atoms with Gasteiger partial charge in [-0.1, -0.05) is 0 Å². The largest absolute Gasteiger partial charge is 0.352 e. The third kappa shape index (κ3) is 2.82. The first-order valence-corrected chi connectivity index (χ1v) is 9.64. The van der Waals surface area contributed by atoms with Gasteiger partial charge < -0.3 is 9.80 Å². The molecule has 0 radical (unpaired) electrons. The monoisotopic (exact) mass is 355 g/mol. The summed E-state index contributed by atoms with van der Waals surface area (Å²) in [6.45, 7) is 4.67. The number of nitrogens with zero attached hydrogens (tertiary/aromatic N) is 7. The van der Waals surface area contributed by atoms with Crippen LogP contribution in [0.3, 0.4) is 0 Å². The number of fused-ring (bicyclic) bond motifs is 1. The highest BCUT2D eigenvalue weighted by Gasteiger charge is 2.33. The molecule has 5 rings (SSSR count). The lowest BCUT2D eigenvalue weighted by Gasteiger charge is -2.44. The maximum Gasteiger partial charge on any atom is 0.222 e. The zero-order valence-corrected chi connectivity index (χ0v) is 15.2. The maximum absolute atomic E-state index is 11.7. The Bertz CT molecular complexity index is 824. The van der Waals surface area contributed by atoms with Crippen molar-refractivity contribution in [2.24, 2.45) is 0 Å². The van der Waals surface area contributed by atoms with Crippen molar-refractivity contribution in [1.29, 1.82) is 0 Å². The quantitative estimate of drug-likeness (QED) is 0.761. The van der Waals surface area contributed by atoms with Crippen LogP contribution in [0.2, 0.25) is 0 Å². The number of hydrogen-bond donors (Lipinski definition) is 0. The van der Waals surface area contributed by atoms with Crippen LogP contribution in [0, 0.1) is 0 Å². The summed E-state index contributed by atoms with van der Waals surface area (Å²) in [4.78, 5) is 18.4. The third-order valence-electron chi connectivity index (χ3n) is 5.92. The maximum atomic E-state index is 11.7. The van der Waals surface area contributed by atoms with Gasteiger partial charge in [-0.3, -0.25) is 9.69 Å². The van der Waals surface area contributed by atoms with Gasteiger partial charge in [-0.05, 0) is 38.4 Å². The van der Waals surface area contributed by atoms with Crippen LogP contribution in [0.4, 0.5) is 5.82 Å². The molecule has 0 aromatic carbocycles. The highest BCUT2D eigenvalue weighted by atomic mass is 16.2. The van der Waals surface area contributed by atoms with Gasteiger partial charge in [0.2, 0.25) is 5.91 Å². The molecule has 0 atom stereocenters. The second kappa shape index (κ2) is 6.19. The van der Waals surface area contributed by atoms with E-state index in [0.29, 0.717) is 17.9 Å². The fraction of sp³-hybridized carbons (Fsp3) is 0.667. The second-order valence-corrected chi connectivity index (χ2v) is 7.82. The summed E-state index contributed by atoms with van der Waals surface area (Å²) in [5.74, 6) is 2.85. The predicted octanol–water partition coefficient (Wildman–Crippen LogP) is 0.744. The van der Waals surface area contributed by atoms with Crippen LogP contribution in [0.1, 0.15) is 37.4 Å². The molecular formula is C18H25N7O. The van der Waals surface area contributed by atoms with Crippen LogP contribution in [0.25, 0.3) is 5.65 Å². The fourth-order valence-corrected chi connectivity index (χ4v) is 3.88. The third-order valence-corrected chi connectivity index (χ3v) is 5.92. The van der Waals surface area contributed by atoms with Crippen LogP contribution in [-0.4, -0.2) is 81.3 Å². The number of likely N-dealkylation sites (N-methyl/N-ethyl adjacent to an activating group) is 1. The molecule has 1 aliphatic carbocycles. The lowest BCUT2D eigenvalue weighted by Crippen LogP contribution is -2.59. The Morgan fingerprint density at radius 2 is 2.08 bits per heavy atom. The summed E-state index contributed by atoms with van der Waals surface area (Å²) < 4.78 is 1.92. The molecular weight excluding hydrogens is 330 g/mol. The number of amides is 1. The zero-order valence-electron chi connectivity index (χ0n) is 15.2. The van der Waals surface area contributed by atoms with Gasteiger partial charge >= 0.3 is 0 Å². The minimum atomic E-state index is 0.312. The number of hydrogen-bond acceptors (Lipinski definition) is 6. The number of carbonyl (C=O) groups excluding carboxylic acids is 1. The van der Waals surface area contributed by atoms with Crippen LogP contribution in [0.5, 0.6) is 0 Å². The van der Waals surface area contributed by atoms with E-state index in [0.717, 1.165) is 62.9 Å². The van der Waals surface area contributed by atoms with Crippen molar-refractivity contribution < 1.29 is 4.79 Å². The molecule has 0 spiro atoms. The number of rotatable bonds is 6. The molecule has 1 amide bonds. The van der Waals surface area contributed by atoms with E-state index in [1.54, 1.807) is 0 Å². The molecule has 0 N–H and O–H groups in total. The number of anilines is 1. The molecule has 0 unspecified atom stereocenters. The standard InChI is InChI=1S/C18H25N7O/c1-22(9-10-23-8-2-3-17(23)26)14-11-24(12-14)16-7-6-15-19-20-18(13-4-5-13)25(15)21-16/h6-7,13-14H,2-5,8-12H2,1H3. The minimum absolute atomic E-state index is 0.312. The lowest BCUT2D eigenvalue weighted by molar-refractivity contribution is -0.127. The van der Waals surface area contributed by atoms with E-state index in [-0.39, 0.29) is 0 Å². The van der Waals surface area contributed by atoms with E-state index in [4.69, 9.17) is 5.10 Å². The minimum Gasteiger partial charge on any atom is -0.352 e.